The molecule has 0 fully saturated rings. The number of para-hydroxylation sites is 1. The normalized spacial score (nSPS) is 10.8. The summed E-state index contributed by atoms with van der Waals surface area (Å²) in [6, 6.07) is 20.6. The smallest absolute Gasteiger partial charge is 0.267 e. The maximum absolute atomic E-state index is 13.2. The minimum Gasteiger partial charge on any atom is -0.351 e. The van der Waals surface area contributed by atoms with Gasteiger partial charge in [0, 0.05) is 12.7 Å². The molecule has 7 heteroatoms. The molecule has 0 unspecified atom stereocenters. The molecule has 1 amide bonds. The number of amides is 1. The van der Waals surface area contributed by atoms with Crippen LogP contribution in [0.25, 0.3) is 16.7 Å². The number of hydrogen-bond acceptors (Lipinski definition) is 5. The molecule has 4 aromatic rings. The van der Waals surface area contributed by atoms with Crippen molar-refractivity contribution in [3.63, 3.8) is 0 Å². The van der Waals surface area contributed by atoms with Gasteiger partial charge in [-0.15, -0.1) is 0 Å². The van der Waals surface area contributed by atoms with E-state index in [0.29, 0.717) is 28.4 Å². The number of carbonyl (C=O) groups excluding carboxylic acids is 1. The molecule has 2 aromatic carbocycles. The van der Waals surface area contributed by atoms with Gasteiger partial charge in [-0.2, -0.15) is 0 Å². The Morgan fingerprint density at radius 3 is 2.63 bits per heavy atom. The molecule has 0 atom stereocenters. The van der Waals surface area contributed by atoms with E-state index in [4.69, 9.17) is 0 Å². The molecule has 0 saturated heterocycles. The number of nitrogens with one attached hydrogen (secondary N) is 1. The predicted octanol–water partition coefficient (Wildman–Crippen LogP) is 3.50. The Hall–Kier alpha value is -3.45. The van der Waals surface area contributed by atoms with Crippen molar-refractivity contribution in [3.05, 3.63) is 94.4 Å². The first-order valence-corrected chi connectivity index (χ1v) is 10.5. The first kappa shape index (κ1) is 19.8. The summed E-state index contributed by atoms with van der Waals surface area (Å²) in [6.07, 6.45) is 1.66. The monoisotopic (exact) mass is 416 g/mol. The van der Waals surface area contributed by atoms with Crippen LogP contribution >= 0.6 is 11.8 Å². The van der Waals surface area contributed by atoms with Crippen molar-refractivity contribution in [2.45, 2.75) is 18.6 Å². The van der Waals surface area contributed by atoms with Crippen molar-refractivity contribution < 1.29 is 4.79 Å². The molecule has 150 valence electrons. The fraction of sp³-hybridized carbons (Fsp3) is 0.130. The number of pyridine rings is 1. The Labute approximate surface area is 178 Å². The molecule has 0 bridgehead atoms. The summed E-state index contributed by atoms with van der Waals surface area (Å²) in [5.41, 5.74) is 2.40. The molecule has 0 aliphatic heterocycles. The minimum absolute atomic E-state index is 0.130. The Kier molecular flexibility index (Phi) is 5.90. The number of benzene rings is 2. The highest BCUT2D eigenvalue weighted by Gasteiger charge is 2.15. The molecule has 1 N–H and O–H groups in total. The average Bonchev–Trinajstić information content (AvgIpc) is 2.77. The van der Waals surface area contributed by atoms with Crippen molar-refractivity contribution in [1.82, 2.24) is 19.9 Å². The lowest BCUT2D eigenvalue weighted by molar-refractivity contribution is -0.118. The SMILES string of the molecule is Cc1ccnc(-n2c(SCC(=O)NCc3ccccc3)nc3ccccc3c2=O)c1. The Morgan fingerprint density at radius 2 is 1.83 bits per heavy atom. The molecular formula is C23H20N4O2S. The maximum Gasteiger partial charge on any atom is 0.267 e. The summed E-state index contributed by atoms with van der Waals surface area (Å²) in [6.45, 7) is 2.39. The molecule has 2 aromatic heterocycles. The lowest BCUT2D eigenvalue weighted by Gasteiger charge is -2.13. The van der Waals surface area contributed by atoms with Gasteiger partial charge < -0.3 is 5.32 Å². The van der Waals surface area contributed by atoms with Crippen molar-refractivity contribution in [1.29, 1.82) is 0 Å². The third kappa shape index (κ3) is 4.41. The lowest BCUT2D eigenvalue weighted by Crippen LogP contribution is -2.26. The van der Waals surface area contributed by atoms with Crippen LogP contribution in [-0.2, 0) is 11.3 Å². The van der Waals surface area contributed by atoms with Gasteiger partial charge in [0.25, 0.3) is 5.56 Å². The summed E-state index contributed by atoms with van der Waals surface area (Å²) in [4.78, 5) is 34.6. The standard InChI is InChI=1S/C23H20N4O2S/c1-16-11-12-24-20(13-16)27-22(29)18-9-5-6-10-19(18)26-23(27)30-15-21(28)25-14-17-7-3-2-4-8-17/h2-13H,14-15H2,1H3,(H,25,28). The number of fused-ring (bicyclic) bond motifs is 1. The van der Waals surface area contributed by atoms with Gasteiger partial charge in [0.2, 0.25) is 5.91 Å². The summed E-state index contributed by atoms with van der Waals surface area (Å²) in [7, 11) is 0. The fourth-order valence-electron chi connectivity index (χ4n) is 3.03. The van der Waals surface area contributed by atoms with Crippen LogP contribution in [0.3, 0.4) is 0 Å². The van der Waals surface area contributed by atoms with E-state index in [0.717, 1.165) is 11.1 Å². The largest absolute Gasteiger partial charge is 0.351 e. The van der Waals surface area contributed by atoms with Crippen LogP contribution in [0.2, 0.25) is 0 Å². The zero-order valence-corrected chi connectivity index (χ0v) is 17.2. The summed E-state index contributed by atoms with van der Waals surface area (Å²) < 4.78 is 1.48. The second-order valence-corrected chi connectivity index (χ2v) is 7.74. The first-order valence-electron chi connectivity index (χ1n) is 9.50. The van der Waals surface area contributed by atoms with Gasteiger partial charge in [0.15, 0.2) is 5.16 Å². The van der Waals surface area contributed by atoms with Crippen molar-refractivity contribution in [3.8, 4) is 5.82 Å². The van der Waals surface area contributed by atoms with Crippen LogP contribution in [0.1, 0.15) is 11.1 Å². The van der Waals surface area contributed by atoms with E-state index in [1.54, 1.807) is 18.3 Å². The lowest BCUT2D eigenvalue weighted by atomic mass is 10.2. The topological polar surface area (TPSA) is 76.9 Å². The molecule has 0 aliphatic rings. The number of aryl methyl sites for hydroxylation is 1. The number of carbonyl (C=O) groups is 1. The predicted molar refractivity (Wildman–Crippen MR) is 119 cm³/mol. The zero-order valence-electron chi connectivity index (χ0n) is 16.4. The summed E-state index contributed by atoms with van der Waals surface area (Å²) >= 11 is 1.22. The van der Waals surface area contributed by atoms with Crippen molar-refractivity contribution in [2.75, 3.05) is 5.75 Å². The van der Waals surface area contributed by atoms with E-state index in [2.05, 4.69) is 15.3 Å². The van der Waals surface area contributed by atoms with Gasteiger partial charge in [-0.05, 0) is 42.3 Å². The van der Waals surface area contributed by atoms with Gasteiger partial charge in [0.1, 0.15) is 5.82 Å². The molecule has 2 heterocycles. The van der Waals surface area contributed by atoms with Crippen LogP contribution < -0.4 is 10.9 Å². The molecule has 0 aliphatic carbocycles. The molecule has 4 rings (SSSR count). The molecule has 0 radical (unpaired) electrons. The van der Waals surface area contributed by atoms with E-state index < -0.39 is 0 Å². The van der Waals surface area contributed by atoms with Crippen LogP contribution in [-0.4, -0.2) is 26.2 Å². The third-order valence-electron chi connectivity index (χ3n) is 4.54. The van der Waals surface area contributed by atoms with Crippen LogP contribution in [0.4, 0.5) is 0 Å². The Balaban J connectivity index is 1.61. The van der Waals surface area contributed by atoms with E-state index in [1.807, 2.05) is 61.5 Å². The van der Waals surface area contributed by atoms with E-state index >= 15 is 0 Å². The number of aromatic nitrogens is 3. The highest BCUT2D eigenvalue weighted by Crippen LogP contribution is 2.20. The average molecular weight is 417 g/mol. The molecule has 0 saturated carbocycles. The first-order chi connectivity index (χ1) is 14.6. The number of rotatable bonds is 6. The number of thioether (sulfide) groups is 1. The van der Waals surface area contributed by atoms with Gasteiger partial charge in [0.05, 0.1) is 16.7 Å². The van der Waals surface area contributed by atoms with Crippen LogP contribution in [0, 0.1) is 6.92 Å². The quantitative estimate of drug-likeness (QED) is 0.385. The van der Waals surface area contributed by atoms with Crippen LogP contribution in [0.15, 0.2) is 82.9 Å². The number of nitrogens with zero attached hydrogens (tertiary/aromatic N) is 3. The fourth-order valence-corrected chi connectivity index (χ4v) is 3.86. The molecular weight excluding hydrogens is 396 g/mol. The van der Waals surface area contributed by atoms with Crippen molar-refractivity contribution in [2.24, 2.45) is 0 Å². The van der Waals surface area contributed by atoms with Crippen molar-refractivity contribution >= 4 is 28.6 Å². The van der Waals surface area contributed by atoms with Gasteiger partial charge in [-0.25, -0.2) is 14.5 Å². The highest BCUT2D eigenvalue weighted by atomic mass is 32.2. The van der Waals surface area contributed by atoms with E-state index in [-0.39, 0.29) is 17.2 Å². The molecule has 0 spiro atoms. The van der Waals surface area contributed by atoms with E-state index in [1.165, 1.54) is 16.3 Å². The summed E-state index contributed by atoms with van der Waals surface area (Å²) in [5, 5.41) is 3.85. The maximum atomic E-state index is 13.2. The van der Waals surface area contributed by atoms with Gasteiger partial charge in [-0.3, -0.25) is 9.59 Å². The molecule has 30 heavy (non-hydrogen) atoms. The third-order valence-corrected chi connectivity index (χ3v) is 5.48. The van der Waals surface area contributed by atoms with E-state index in [9.17, 15) is 9.59 Å². The second-order valence-electron chi connectivity index (χ2n) is 6.79. The second kappa shape index (κ2) is 8.92. The Bertz CT molecular complexity index is 1260. The van der Waals surface area contributed by atoms with Gasteiger partial charge in [-0.1, -0.05) is 54.2 Å². The minimum atomic E-state index is -0.203. The van der Waals surface area contributed by atoms with Crippen LogP contribution in [0.5, 0.6) is 0 Å². The molecule has 6 nitrogen and oxygen atoms in total. The Morgan fingerprint density at radius 1 is 1.07 bits per heavy atom. The zero-order chi connectivity index (χ0) is 20.9. The van der Waals surface area contributed by atoms with Gasteiger partial charge >= 0.3 is 0 Å². The summed E-state index contributed by atoms with van der Waals surface area (Å²) in [5.74, 6) is 0.504. The number of hydrogen-bond donors (Lipinski definition) is 1. The highest BCUT2D eigenvalue weighted by molar-refractivity contribution is 7.99.